The van der Waals surface area contributed by atoms with E-state index >= 15 is 0 Å². The van der Waals surface area contributed by atoms with Crippen molar-refractivity contribution in [2.45, 2.75) is 0 Å². The molecular weight excluding hydrogens is 320 g/mol. The summed E-state index contributed by atoms with van der Waals surface area (Å²) in [7, 11) is 0. The SMILES string of the molecule is O=C1OC(c2ccccc2Cl)=NC1=Cc1ccccc1[N+](=O)[O-]. The zero-order chi connectivity index (χ0) is 16.4. The van der Waals surface area contributed by atoms with Crippen LogP contribution in [0.25, 0.3) is 6.08 Å². The van der Waals surface area contributed by atoms with E-state index in [9.17, 15) is 14.9 Å². The van der Waals surface area contributed by atoms with Crippen molar-refractivity contribution in [1.82, 2.24) is 0 Å². The number of carbonyl (C=O) groups is 1. The van der Waals surface area contributed by atoms with E-state index in [-0.39, 0.29) is 22.8 Å². The van der Waals surface area contributed by atoms with Crippen molar-refractivity contribution in [3.8, 4) is 0 Å². The van der Waals surface area contributed by atoms with Gasteiger partial charge in [-0.3, -0.25) is 10.1 Å². The summed E-state index contributed by atoms with van der Waals surface area (Å²) in [5.41, 5.74) is 0.616. The number of carbonyl (C=O) groups excluding carboxylic acids is 1. The molecule has 0 aromatic heterocycles. The van der Waals surface area contributed by atoms with E-state index in [4.69, 9.17) is 16.3 Å². The molecule has 6 nitrogen and oxygen atoms in total. The highest BCUT2D eigenvalue weighted by Gasteiger charge is 2.26. The molecule has 1 heterocycles. The van der Waals surface area contributed by atoms with Crippen LogP contribution in [-0.2, 0) is 9.53 Å². The molecule has 0 amide bonds. The van der Waals surface area contributed by atoms with Gasteiger partial charge in [-0.1, -0.05) is 35.9 Å². The number of halogens is 1. The second-order valence-corrected chi connectivity index (χ2v) is 5.04. The fourth-order valence-electron chi connectivity index (χ4n) is 2.08. The van der Waals surface area contributed by atoms with Gasteiger partial charge in [0, 0.05) is 6.07 Å². The van der Waals surface area contributed by atoms with Gasteiger partial charge in [0.2, 0.25) is 5.90 Å². The van der Waals surface area contributed by atoms with E-state index in [0.29, 0.717) is 10.6 Å². The summed E-state index contributed by atoms with van der Waals surface area (Å²) >= 11 is 6.05. The van der Waals surface area contributed by atoms with Gasteiger partial charge < -0.3 is 4.74 Å². The highest BCUT2D eigenvalue weighted by molar-refractivity contribution is 6.34. The quantitative estimate of drug-likeness (QED) is 0.373. The molecule has 23 heavy (non-hydrogen) atoms. The normalized spacial score (nSPS) is 15.4. The van der Waals surface area contributed by atoms with Crippen LogP contribution in [0.5, 0.6) is 0 Å². The second kappa shape index (κ2) is 6.02. The zero-order valence-corrected chi connectivity index (χ0v) is 12.4. The van der Waals surface area contributed by atoms with Crippen LogP contribution in [0.4, 0.5) is 5.69 Å². The van der Waals surface area contributed by atoms with Crippen molar-refractivity contribution in [3.63, 3.8) is 0 Å². The molecule has 0 aliphatic carbocycles. The van der Waals surface area contributed by atoms with Gasteiger partial charge in [0.05, 0.1) is 21.1 Å². The van der Waals surface area contributed by atoms with Crippen molar-refractivity contribution < 1.29 is 14.5 Å². The lowest BCUT2D eigenvalue weighted by atomic mass is 10.1. The number of hydrogen-bond acceptors (Lipinski definition) is 5. The predicted molar refractivity (Wildman–Crippen MR) is 85.2 cm³/mol. The number of aliphatic imine (C=N–C) groups is 1. The average molecular weight is 329 g/mol. The lowest BCUT2D eigenvalue weighted by Gasteiger charge is -2.00. The fraction of sp³-hybridized carbons (Fsp3) is 0. The summed E-state index contributed by atoms with van der Waals surface area (Å²) in [4.78, 5) is 26.5. The van der Waals surface area contributed by atoms with Crippen LogP contribution in [0.3, 0.4) is 0 Å². The number of rotatable bonds is 3. The zero-order valence-electron chi connectivity index (χ0n) is 11.6. The van der Waals surface area contributed by atoms with E-state index in [1.54, 1.807) is 36.4 Å². The van der Waals surface area contributed by atoms with Crippen LogP contribution in [0, 0.1) is 10.1 Å². The highest BCUT2D eigenvalue weighted by atomic mass is 35.5. The predicted octanol–water partition coefficient (Wildman–Crippen LogP) is 3.59. The molecule has 1 aliphatic heterocycles. The third-order valence-electron chi connectivity index (χ3n) is 3.15. The fourth-order valence-corrected chi connectivity index (χ4v) is 2.30. The van der Waals surface area contributed by atoms with Crippen LogP contribution < -0.4 is 0 Å². The minimum absolute atomic E-state index is 0.0192. The summed E-state index contributed by atoms with van der Waals surface area (Å²) in [5, 5.41) is 11.4. The lowest BCUT2D eigenvalue weighted by molar-refractivity contribution is -0.385. The van der Waals surface area contributed by atoms with E-state index in [1.807, 2.05) is 0 Å². The summed E-state index contributed by atoms with van der Waals surface area (Å²) in [6, 6.07) is 12.9. The molecule has 0 spiro atoms. The van der Waals surface area contributed by atoms with Gasteiger partial charge in [0.25, 0.3) is 5.69 Å². The third kappa shape index (κ3) is 2.97. The second-order valence-electron chi connectivity index (χ2n) is 4.63. The van der Waals surface area contributed by atoms with Crippen LogP contribution in [0.15, 0.2) is 59.2 Å². The molecule has 2 aromatic carbocycles. The van der Waals surface area contributed by atoms with Gasteiger partial charge in [0.1, 0.15) is 0 Å². The Labute approximate surface area is 135 Å². The molecule has 0 fully saturated rings. The summed E-state index contributed by atoms with van der Waals surface area (Å²) in [5.74, 6) is -0.608. The molecule has 0 radical (unpaired) electrons. The molecule has 0 saturated carbocycles. The Balaban J connectivity index is 2.03. The smallest absolute Gasteiger partial charge is 0.363 e. The Bertz CT molecular complexity index is 874. The number of para-hydroxylation sites is 1. The number of cyclic esters (lactones) is 1. The number of esters is 1. The molecule has 0 N–H and O–H groups in total. The van der Waals surface area contributed by atoms with Gasteiger partial charge in [-0.15, -0.1) is 0 Å². The first-order valence-electron chi connectivity index (χ1n) is 6.57. The van der Waals surface area contributed by atoms with Crippen LogP contribution >= 0.6 is 11.6 Å². The molecule has 1 aliphatic rings. The maximum Gasteiger partial charge on any atom is 0.363 e. The molecule has 3 rings (SSSR count). The monoisotopic (exact) mass is 328 g/mol. The molecule has 2 aromatic rings. The van der Waals surface area contributed by atoms with Crippen molar-refractivity contribution in [1.29, 1.82) is 0 Å². The van der Waals surface area contributed by atoms with Gasteiger partial charge >= 0.3 is 5.97 Å². The van der Waals surface area contributed by atoms with Crippen molar-refractivity contribution in [2.24, 2.45) is 4.99 Å². The molecule has 0 unspecified atom stereocenters. The van der Waals surface area contributed by atoms with Gasteiger partial charge in [0.15, 0.2) is 5.70 Å². The topological polar surface area (TPSA) is 81.8 Å². The number of nitro groups is 1. The molecule has 0 saturated heterocycles. The van der Waals surface area contributed by atoms with Gasteiger partial charge in [-0.25, -0.2) is 9.79 Å². The molecule has 0 atom stereocenters. The van der Waals surface area contributed by atoms with Crippen molar-refractivity contribution in [2.75, 3.05) is 0 Å². The summed E-state index contributed by atoms with van der Waals surface area (Å²) in [6.07, 6.45) is 1.32. The Morgan fingerprint density at radius 3 is 2.57 bits per heavy atom. The largest absolute Gasteiger partial charge is 0.402 e. The molecule has 114 valence electrons. The van der Waals surface area contributed by atoms with Crippen molar-refractivity contribution >= 4 is 35.2 Å². The molecule has 0 bridgehead atoms. The van der Waals surface area contributed by atoms with Crippen molar-refractivity contribution in [3.05, 3.63) is 80.5 Å². The minimum atomic E-state index is -0.682. The number of nitrogens with zero attached hydrogens (tertiary/aromatic N) is 2. The number of benzene rings is 2. The lowest BCUT2D eigenvalue weighted by Crippen LogP contribution is -2.05. The first-order chi connectivity index (χ1) is 11.1. The number of nitro benzene ring substituents is 1. The van der Waals surface area contributed by atoms with Crippen LogP contribution in [0.1, 0.15) is 11.1 Å². The maximum absolute atomic E-state index is 11.9. The number of hydrogen-bond donors (Lipinski definition) is 0. The molecule has 7 heteroatoms. The Morgan fingerprint density at radius 2 is 1.83 bits per heavy atom. The van der Waals surface area contributed by atoms with E-state index in [2.05, 4.69) is 4.99 Å². The first-order valence-corrected chi connectivity index (χ1v) is 6.95. The standard InChI is InChI=1S/C16H9ClN2O4/c17-12-7-3-2-6-11(12)15-18-13(16(20)23-15)9-10-5-1-4-8-14(10)19(21)22/h1-9H. The van der Waals surface area contributed by atoms with Crippen LogP contribution in [-0.4, -0.2) is 16.8 Å². The van der Waals surface area contributed by atoms with Crippen LogP contribution in [0.2, 0.25) is 5.02 Å². The van der Waals surface area contributed by atoms with E-state index < -0.39 is 10.9 Å². The van der Waals surface area contributed by atoms with E-state index in [1.165, 1.54) is 18.2 Å². The van der Waals surface area contributed by atoms with E-state index in [0.717, 1.165) is 0 Å². The van der Waals surface area contributed by atoms with Gasteiger partial charge in [-0.2, -0.15) is 0 Å². The first kappa shape index (κ1) is 14.9. The van der Waals surface area contributed by atoms with Gasteiger partial charge in [-0.05, 0) is 24.3 Å². The Morgan fingerprint density at radius 1 is 1.13 bits per heavy atom. The third-order valence-corrected chi connectivity index (χ3v) is 3.48. The highest BCUT2D eigenvalue weighted by Crippen LogP contribution is 2.26. The number of ether oxygens (including phenoxy) is 1. The average Bonchev–Trinajstić information content (AvgIpc) is 2.89. The Kier molecular flexibility index (Phi) is 3.91. The summed E-state index contributed by atoms with van der Waals surface area (Å²) in [6.45, 7) is 0. The summed E-state index contributed by atoms with van der Waals surface area (Å²) < 4.78 is 5.10. The maximum atomic E-state index is 11.9. The molecular formula is C16H9ClN2O4. The minimum Gasteiger partial charge on any atom is -0.402 e. The Hall–Kier alpha value is -2.99.